The van der Waals surface area contributed by atoms with E-state index in [1.165, 1.54) is 36.4 Å². The molecule has 0 radical (unpaired) electrons. The number of nitro groups is 1. The number of nitrogens with zero attached hydrogens (tertiary/aromatic N) is 1. The lowest BCUT2D eigenvalue weighted by molar-refractivity contribution is -0.385. The Labute approximate surface area is 144 Å². The van der Waals surface area contributed by atoms with Crippen molar-refractivity contribution in [2.75, 3.05) is 11.9 Å². The van der Waals surface area contributed by atoms with Crippen molar-refractivity contribution in [2.45, 2.75) is 13.3 Å². The van der Waals surface area contributed by atoms with Gasteiger partial charge in [0.2, 0.25) is 5.91 Å². The number of carbonyl (C=O) groups excluding carboxylic acids is 1. The maximum Gasteiger partial charge on any atom is 0.311 e. The Morgan fingerprint density at radius 1 is 1.28 bits per heavy atom. The van der Waals surface area contributed by atoms with Crippen molar-refractivity contribution < 1.29 is 19.6 Å². The summed E-state index contributed by atoms with van der Waals surface area (Å²) in [6, 6.07) is 10.6. The van der Waals surface area contributed by atoms with E-state index in [0.29, 0.717) is 17.9 Å². The van der Waals surface area contributed by atoms with E-state index in [9.17, 15) is 20.0 Å². The van der Waals surface area contributed by atoms with E-state index in [-0.39, 0.29) is 23.1 Å². The van der Waals surface area contributed by atoms with Crippen LogP contribution in [0.25, 0.3) is 6.08 Å². The van der Waals surface area contributed by atoms with Gasteiger partial charge < -0.3 is 15.2 Å². The molecule has 0 saturated heterocycles. The van der Waals surface area contributed by atoms with Crippen LogP contribution in [0.4, 0.5) is 11.4 Å². The fourth-order valence-electron chi connectivity index (χ4n) is 2.02. The molecule has 7 nitrogen and oxygen atoms in total. The SMILES string of the molecule is CCCOc1ccc(/C=C/C(=O)Nc2ccc(O)cc2)cc1[N+](=O)[O-]. The molecule has 25 heavy (non-hydrogen) atoms. The molecule has 2 aromatic carbocycles. The van der Waals surface area contributed by atoms with Crippen LogP contribution in [0.5, 0.6) is 11.5 Å². The van der Waals surface area contributed by atoms with Crippen molar-refractivity contribution in [2.24, 2.45) is 0 Å². The molecule has 0 aliphatic rings. The molecule has 0 spiro atoms. The molecular weight excluding hydrogens is 324 g/mol. The molecule has 0 atom stereocenters. The second-order valence-electron chi connectivity index (χ2n) is 5.20. The number of hydrogen-bond donors (Lipinski definition) is 2. The van der Waals surface area contributed by atoms with Gasteiger partial charge in [0, 0.05) is 17.8 Å². The van der Waals surface area contributed by atoms with Gasteiger partial charge in [0.25, 0.3) is 0 Å². The van der Waals surface area contributed by atoms with Crippen molar-refractivity contribution in [3.8, 4) is 11.5 Å². The number of amides is 1. The summed E-state index contributed by atoms with van der Waals surface area (Å²) >= 11 is 0. The van der Waals surface area contributed by atoms with Gasteiger partial charge in [-0.2, -0.15) is 0 Å². The van der Waals surface area contributed by atoms with Crippen LogP contribution in [0, 0.1) is 10.1 Å². The minimum Gasteiger partial charge on any atom is -0.508 e. The number of aromatic hydroxyl groups is 1. The first kappa shape index (κ1) is 18.0. The van der Waals surface area contributed by atoms with E-state index in [1.54, 1.807) is 18.2 Å². The summed E-state index contributed by atoms with van der Waals surface area (Å²) in [5, 5.41) is 23.0. The van der Waals surface area contributed by atoms with Gasteiger partial charge >= 0.3 is 5.69 Å². The van der Waals surface area contributed by atoms with Crippen LogP contribution in [0.15, 0.2) is 48.5 Å². The Morgan fingerprint density at radius 2 is 2.00 bits per heavy atom. The lowest BCUT2D eigenvalue weighted by atomic mass is 10.1. The van der Waals surface area contributed by atoms with Crippen LogP contribution in [-0.4, -0.2) is 22.5 Å². The van der Waals surface area contributed by atoms with E-state index in [1.807, 2.05) is 6.92 Å². The topological polar surface area (TPSA) is 102 Å². The van der Waals surface area contributed by atoms with Crippen LogP contribution in [0.1, 0.15) is 18.9 Å². The van der Waals surface area contributed by atoms with Crippen LogP contribution in [0.2, 0.25) is 0 Å². The fraction of sp³-hybridized carbons (Fsp3) is 0.167. The lowest BCUT2D eigenvalue weighted by Crippen LogP contribution is -2.07. The third-order valence-electron chi connectivity index (χ3n) is 3.20. The van der Waals surface area contributed by atoms with E-state index in [2.05, 4.69) is 5.32 Å². The summed E-state index contributed by atoms with van der Waals surface area (Å²) in [4.78, 5) is 22.5. The maximum absolute atomic E-state index is 11.9. The molecule has 0 aliphatic carbocycles. The van der Waals surface area contributed by atoms with Crippen molar-refractivity contribution >= 4 is 23.4 Å². The minimum absolute atomic E-state index is 0.103. The first-order valence-electron chi connectivity index (χ1n) is 7.69. The Balaban J connectivity index is 2.09. The van der Waals surface area contributed by atoms with Gasteiger partial charge in [-0.25, -0.2) is 0 Å². The summed E-state index contributed by atoms with van der Waals surface area (Å²) in [6.07, 6.45) is 3.50. The molecule has 130 valence electrons. The summed E-state index contributed by atoms with van der Waals surface area (Å²) in [7, 11) is 0. The second kappa shape index (κ2) is 8.49. The predicted molar refractivity (Wildman–Crippen MR) is 94.7 cm³/mol. The highest BCUT2D eigenvalue weighted by Crippen LogP contribution is 2.28. The number of phenolic OH excluding ortho intramolecular Hbond substituents is 1. The molecule has 0 aromatic heterocycles. The molecular formula is C18H18N2O5. The summed E-state index contributed by atoms with van der Waals surface area (Å²) in [6.45, 7) is 2.31. The Bertz CT molecular complexity index is 785. The van der Waals surface area contributed by atoms with Crippen molar-refractivity contribution in [3.05, 3.63) is 64.2 Å². The first-order valence-corrected chi connectivity index (χ1v) is 7.69. The number of hydrogen-bond acceptors (Lipinski definition) is 5. The quantitative estimate of drug-likeness (QED) is 0.345. The molecule has 0 heterocycles. The van der Waals surface area contributed by atoms with E-state index >= 15 is 0 Å². The lowest BCUT2D eigenvalue weighted by Gasteiger charge is -2.06. The van der Waals surface area contributed by atoms with Gasteiger partial charge in [-0.3, -0.25) is 14.9 Å². The number of carbonyl (C=O) groups is 1. The Hall–Kier alpha value is -3.35. The van der Waals surface area contributed by atoms with Crippen molar-refractivity contribution in [1.82, 2.24) is 0 Å². The zero-order valence-electron chi connectivity index (χ0n) is 13.6. The van der Waals surface area contributed by atoms with Crippen LogP contribution < -0.4 is 10.1 Å². The molecule has 2 aromatic rings. The second-order valence-corrected chi connectivity index (χ2v) is 5.20. The summed E-state index contributed by atoms with van der Waals surface area (Å²) in [5.74, 6) is -0.0802. The zero-order valence-corrected chi connectivity index (χ0v) is 13.6. The van der Waals surface area contributed by atoms with Crippen LogP contribution in [-0.2, 0) is 4.79 Å². The molecule has 2 N–H and O–H groups in total. The molecule has 0 fully saturated rings. The highest BCUT2D eigenvalue weighted by atomic mass is 16.6. The van der Waals surface area contributed by atoms with Crippen LogP contribution >= 0.6 is 0 Å². The molecule has 0 unspecified atom stereocenters. The predicted octanol–water partition coefficient (Wildman–Crippen LogP) is 3.74. The number of rotatable bonds is 7. The van der Waals surface area contributed by atoms with E-state index < -0.39 is 4.92 Å². The molecule has 0 bridgehead atoms. The summed E-state index contributed by atoms with van der Waals surface area (Å²) < 4.78 is 5.35. The Kier molecular flexibility index (Phi) is 6.11. The molecule has 0 aliphatic heterocycles. The third-order valence-corrected chi connectivity index (χ3v) is 3.20. The van der Waals surface area contributed by atoms with E-state index in [4.69, 9.17) is 4.74 Å². The largest absolute Gasteiger partial charge is 0.508 e. The fourth-order valence-corrected chi connectivity index (χ4v) is 2.02. The average molecular weight is 342 g/mol. The number of nitro benzene ring substituents is 1. The first-order chi connectivity index (χ1) is 12.0. The van der Waals surface area contributed by atoms with Gasteiger partial charge in [0.15, 0.2) is 5.75 Å². The van der Waals surface area contributed by atoms with Gasteiger partial charge in [0.05, 0.1) is 11.5 Å². The van der Waals surface area contributed by atoms with Gasteiger partial charge in [-0.05, 0) is 48.4 Å². The number of phenols is 1. The standard InChI is InChI=1S/C18H18N2O5/c1-2-11-25-17-9-3-13(12-16(17)20(23)24)4-10-18(22)19-14-5-7-15(21)8-6-14/h3-10,12,21H,2,11H2,1H3,(H,19,22)/b10-4+. The number of anilines is 1. The number of benzene rings is 2. The van der Waals surface area contributed by atoms with Gasteiger partial charge in [-0.15, -0.1) is 0 Å². The molecule has 1 amide bonds. The Morgan fingerprint density at radius 3 is 2.64 bits per heavy atom. The zero-order chi connectivity index (χ0) is 18.2. The summed E-state index contributed by atoms with van der Waals surface area (Å²) in [5.41, 5.74) is 0.896. The van der Waals surface area contributed by atoms with Crippen LogP contribution in [0.3, 0.4) is 0 Å². The molecule has 7 heteroatoms. The number of nitrogens with one attached hydrogen (secondary N) is 1. The highest BCUT2D eigenvalue weighted by molar-refractivity contribution is 6.02. The minimum atomic E-state index is -0.515. The smallest absolute Gasteiger partial charge is 0.311 e. The normalized spacial score (nSPS) is 10.6. The van der Waals surface area contributed by atoms with E-state index in [0.717, 1.165) is 6.42 Å². The van der Waals surface area contributed by atoms with Gasteiger partial charge in [-0.1, -0.05) is 13.0 Å². The van der Waals surface area contributed by atoms with Crippen molar-refractivity contribution in [3.63, 3.8) is 0 Å². The molecule has 0 saturated carbocycles. The highest BCUT2D eigenvalue weighted by Gasteiger charge is 2.15. The number of ether oxygens (including phenoxy) is 1. The van der Waals surface area contributed by atoms with Gasteiger partial charge in [0.1, 0.15) is 5.75 Å². The maximum atomic E-state index is 11.9. The third kappa shape index (κ3) is 5.35. The monoisotopic (exact) mass is 342 g/mol. The van der Waals surface area contributed by atoms with Crippen molar-refractivity contribution in [1.29, 1.82) is 0 Å². The average Bonchev–Trinajstić information content (AvgIpc) is 2.60. The molecule has 2 rings (SSSR count).